The maximum absolute atomic E-state index is 12.8. The van der Waals surface area contributed by atoms with Crippen LogP contribution >= 0.6 is 0 Å². The number of benzene rings is 2. The fourth-order valence-corrected chi connectivity index (χ4v) is 4.25. The van der Waals surface area contributed by atoms with E-state index in [-0.39, 0.29) is 5.91 Å². The van der Waals surface area contributed by atoms with E-state index >= 15 is 0 Å². The molecule has 1 N–H and O–H groups in total. The van der Waals surface area contributed by atoms with Gasteiger partial charge in [0.2, 0.25) is 0 Å². The molecule has 166 valence electrons. The maximum Gasteiger partial charge on any atom is 0.255 e. The first-order valence-corrected chi connectivity index (χ1v) is 11.4. The van der Waals surface area contributed by atoms with E-state index in [1.807, 2.05) is 30.3 Å². The fourth-order valence-electron chi connectivity index (χ4n) is 4.25. The van der Waals surface area contributed by atoms with Gasteiger partial charge >= 0.3 is 0 Å². The van der Waals surface area contributed by atoms with Crippen molar-refractivity contribution in [1.82, 2.24) is 14.7 Å². The molecule has 0 spiro atoms. The van der Waals surface area contributed by atoms with Crippen molar-refractivity contribution < 1.29 is 9.53 Å². The number of rotatable bonds is 7. The number of hydrogen-bond acceptors (Lipinski definition) is 5. The number of morpholine rings is 1. The minimum atomic E-state index is -0.0627. The molecule has 6 heteroatoms. The molecule has 0 radical (unpaired) electrons. The highest BCUT2D eigenvalue weighted by molar-refractivity contribution is 6.04. The summed E-state index contributed by atoms with van der Waals surface area (Å²) in [6, 6.07) is 16.2. The smallest absolute Gasteiger partial charge is 0.255 e. The van der Waals surface area contributed by atoms with Gasteiger partial charge in [0.25, 0.3) is 5.91 Å². The van der Waals surface area contributed by atoms with Crippen molar-refractivity contribution in [2.75, 3.05) is 64.3 Å². The van der Waals surface area contributed by atoms with E-state index in [1.54, 1.807) is 0 Å². The van der Waals surface area contributed by atoms with Gasteiger partial charge in [-0.05, 0) is 41.9 Å². The van der Waals surface area contributed by atoms with Crippen molar-refractivity contribution in [3.8, 4) is 0 Å². The van der Waals surface area contributed by atoms with Crippen molar-refractivity contribution in [2.45, 2.75) is 20.0 Å². The Morgan fingerprint density at radius 1 is 0.839 bits per heavy atom. The molecule has 2 aliphatic rings. The average Bonchev–Trinajstić information content (AvgIpc) is 2.82. The molecule has 0 atom stereocenters. The van der Waals surface area contributed by atoms with E-state index < -0.39 is 0 Å². The molecule has 31 heavy (non-hydrogen) atoms. The van der Waals surface area contributed by atoms with Crippen LogP contribution in [0.15, 0.2) is 48.5 Å². The summed E-state index contributed by atoms with van der Waals surface area (Å²) in [7, 11) is 0. The average molecular weight is 423 g/mol. The number of likely N-dealkylation sites (N-methyl/N-ethyl adjacent to an activating group) is 1. The third-order valence-corrected chi connectivity index (χ3v) is 6.23. The normalized spacial score (nSPS) is 18.7. The van der Waals surface area contributed by atoms with Crippen LogP contribution in [0.3, 0.4) is 0 Å². The van der Waals surface area contributed by atoms with E-state index in [0.717, 1.165) is 83.4 Å². The molecule has 1 amide bonds. The summed E-state index contributed by atoms with van der Waals surface area (Å²) in [5, 5.41) is 3.04. The van der Waals surface area contributed by atoms with Crippen LogP contribution in [-0.4, -0.2) is 79.6 Å². The van der Waals surface area contributed by atoms with Crippen molar-refractivity contribution in [1.29, 1.82) is 0 Å². The number of carbonyl (C=O) groups is 1. The number of ether oxygens (including phenoxy) is 1. The Hall–Kier alpha value is -2.25. The van der Waals surface area contributed by atoms with Crippen molar-refractivity contribution in [3.63, 3.8) is 0 Å². The minimum absolute atomic E-state index is 0.0627. The predicted octanol–water partition coefficient (Wildman–Crippen LogP) is 2.91. The molecule has 2 saturated heterocycles. The lowest BCUT2D eigenvalue weighted by Gasteiger charge is -2.34. The molecule has 2 heterocycles. The molecule has 0 aliphatic carbocycles. The molecule has 2 aromatic carbocycles. The number of anilines is 1. The first-order chi connectivity index (χ1) is 15.2. The Morgan fingerprint density at radius 2 is 1.48 bits per heavy atom. The molecule has 0 saturated carbocycles. The van der Waals surface area contributed by atoms with Gasteiger partial charge in [-0.2, -0.15) is 0 Å². The zero-order chi connectivity index (χ0) is 21.5. The summed E-state index contributed by atoms with van der Waals surface area (Å²) >= 11 is 0. The summed E-state index contributed by atoms with van der Waals surface area (Å²) in [6.45, 7) is 13.2. The highest BCUT2D eigenvalue weighted by atomic mass is 16.5. The van der Waals surface area contributed by atoms with Gasteiger partial charge in [-0.1, -0.05) is 31.2 Å². The topological polar surface area (TPSA) is 48.0 Å². The van der Waals surface area contributed by atoms with Gasteiger partial charge in [0, 0.05) is 63.6 Å². The van der Waals surface area contributed by atoms with Crippen LogP contribution in [0.25, 0.3) is 0 Å². The standard InChI is InChI=1S/C25H34N4O2/c1-2-27-10-12-28(13-11-27)19-21-6-8-24(9-7-21)26-25(30)23-5-3-4-22(18-23)20-29-14-16-31-17-15-29/h3-9,18H,2,10-17,19-20H2,1H3,(H,26,30). The minimum Gasteiger partial charge on any atom is -0.379 e. The van der Waals surface area contributed by atoms with Gasteiger partial charge in [-0.25, -0.2) is 0 Å². The quantitative estimate of drug-likeness (QED) is 0.744. The zero-order valence-corrected chi connectivity index (χ0v) is 18.6. The monoisotopic (exact) mass is 422 g/mol. The van der Waals surface area contributed by atoms with Crippen LogP contribution in [0.2, 0.25) is 0 Å². The van der Waals surface area contributed by atoms with Gasteiger partial charge in [-0.15, -0.1) is 0 Å². The molecule has 0 unspecified atom stereocenters. The second-order valence-corrected chi connectivity index (χ2v) is 8.45. The number of piperazine rings is 1. The maximum atomic E-state index is 12.8. The zero-order valence-electron chi connectivity index (χ0n) is 18.6. The second kappa shape index (κ2) is 10.9. The Balaban J connectivity index is 1.30. The molecule has 6 nitrogen and oxygen atoms in total. The molecule has 0 aromatic heterocycles. The molecule has 0 bridgehead atoms. The number of nitrogens with one attached hydrogen (secondary N) is 1. The summed E-state index contributed by atoms with van der Waals surface area (Å²) < 4.78 is 5.42. The fraction of sp³-hybridized carbons (Fsp3) is 0.480. The van der Waals surface area contributed by atoms with Crippen molar-refractivity contribution in [2.24, 2.45) is 0 Å². The summed E-state index contributed by atoms with van der Waals surface area (Å²) in [6.07, 6.45) is 0. The Kier molecular flexibility index (Phi) is 7.70. The van der Waals surface area contributed by atoms with Gasteiger partial charge in [0.05, 0.1) is 13.2 Å². The first-order valence-electron chi connectivity index (χ1n) is 11.4. The van der Waals surface area contributed by atoms with Gasteiger partial charge in [-0.3, -0.25) is 14.6 Å². The Morgan fingerprint density at radius 3 is 2.19 bits per heavy atom. The third-order valence-electron chi connectivity index (χ3n) is 6.23. The third kappa shape index (κ3) is 6.37. The highest BCUT2D eigenvalue weighted by Crippen LogP contribution is 2.15. The van der Waals surface area contributed by atoms with E-state index in [0.29, 0.717) is 5.56 Å². The summed E-state index contributed by atoms with van der Waals surface area (Å²) in [5.74, 6) is -0.0627. The molecule has 2 fully saturated rings. The molecular weight excluding hydrogens is 388 g/mol. The first kappa shape index (κ1) is 22.0. The lowest BCUT2D eigenvalue weighted by Crippen LogP contribution is -2.45. The van der Waals surface area contributed by atoms with Gasteiger partial charge in [0.15, 0.2) is 0 Å². The van der Waals surface area contributed by atoms with Crippen molar-refractivity contribution in [3.05, 3.63) is 65.2 Å². The number of nitrogens with zero attached hydrogens (tertiary/aromatic N) is 3. The molecular formula is C25H34N4O2. The Labute approximate surface area is 185 Å². The number of hydrogen-bond donors (Lipinski definition) is 1. The second-order valence-electron chi connectivity index (χ2n) is 8.45. The van der Waals surface area contributed by atoms with Crippen LogP contribution in [0.4, 0.5) is 5.69 Å². The van der Waals surface area contributed by atoms with E-state index in [1.165, 1.54) is 5.56 Å². The van der Waals surface area contributed by atoms with E-state index in [9.17, 15) is 4.79 Å². The molecule has 2 aromatic rings. The van der Waals surface area contributed by atoms with E-state index in [2.05, 4.69) is 45.1 Å². The summed E-state index contributed by atoms with van der Waals surface area (Å²) in [4.78, 5) is 20.1. The highest BCUT2D eigenvalue weighted by Gasteiger charge is 2.16. The Bertz CT molecular complexity index is 841. The molecule has 2 aliphatic heterocycles. The van der Waals surface area contributed by atoms with Crippen LogP contribution in [-0.2, 0) is 17.8 Å². The summed E-state index contributed by atoms with van der Waals surface area (Å²) in [5.41, 5.74) is 3.98. The SMILES string of the molecule is CCN1CCN(Cc2ccc(NC(=O)c3cccc(CN4CCOCC4)c3)cc2)CC1. The van der Waals surface area contributed by atoms with Gasteiger partial charge in [0.1, 0.15) is 0 Å². The lowest BCUT2D eigenvalue weighted by molar-refractivity contribution is 0.0342. The van der Waals surface area contributed by atoms with Crippen molar-refractivity contribution >= 4 is 11.6 Å². The van der Waals surface area contributed by atoms with Gasteiger partial charge < -0.3 is 15.0 Å². The van der Waals surface area contributed by atoms with Crippen LogP contribution in [0.1, 0.15) is 28.4 Å². The van der Waals surface area contributed by atoms with Crippen LogP contribution < -0.4 is 5.32 Å². The van der Waals surface area contributed by atoms with Crippen LogP contribution in [0, 0.1) is 0 Å². The lowest BCUT2D eigenvalue weighted by atomic mass is 10.1. The van der Waals surface area contributed by atoms with E-state index in [4.69, 9.17) is 4.74 Å². The molecule has 4 rings (SSSR count). The number of carbonyl (C=O) groups excluding carboxylic acids is 1. The number of amides is 1. The largest absolute Gasteiger partial charge is 0.379 e. The predicted molar refractivity (Wildman–Crippen MR) is 124 cm³/mol. The van der Waals surface area contributed by atoms with Crippen LogP contribution in [0.5, 0.6) is 0 Å².